The molecule has 1 aromatic heterocycles. The van der Waals surface area contributed by atoms with Crippen LogP contribution in [0.2, 0.25) is 0 Å². The molecule has 1 aromatic rings. The average Bonchev–Trinajstić information content (AvgIpc) is 2.37. The number of hydrogen-bond donors (Lipinski definition) is 2. The molecule has 0 spiro atoms. The highest BCUT2D eigenvalue weighted by molar-refractivity contribution is 7.99. The predicted octanol–water partition coefficient (Wildman–Crippen LogP) is 1.59. The minimum absolute atomic E-state index is 0.0551. The zero-order valence-electron chi connectivity index (χ0n) is 10.6. The van der Waals surface area contributed by atoms with E-state index in [2.05, 4.69) is 10.3 Å². The van der Waals surface area contributed by atoms with Crippen molar-refractivity contribution in [1.82, 2.24) is 10.3 Å². The van der Waals surface area contributed by atoms with Crippen LogP contribution < -0.4 is 5.32 Å². The Balaban J connectivity index is 2.13. The van der Waals surface area contributed by atoms with Crippen molar-refractivity contribution < 1.29 is 9.90 Å². The van der Waals surface area contributed by atoms with E-state index in [4.69, 9.17) is 5.11 Å². The first-order chi connectivity index (χ1) is 8.72. The molecule has 0 saturated heterocycles. The Kier molecular flexibility index (Phi) is 7.44. The van der Waals surface area contributed by atoms with Gasteiger partial charge in [-0.3, -0.25) is 9.78 Å². The summed E-state index contributed by atoms with van der Waals surface area (Å²) in [5.41, 5.74) is 1.18. The summed E-state index contributed by atoms with van der Waals surface area (Å²) < 4.78 is 0. The fourth-order valence-corrected chi connectivity index (χ4v) is 2.33. The van der Waals surface area contributed by atoms with Crippen molar-refractivity contribution >= 4 is 17.7 Å². The van der Waals surface area contributed by atoms with Crippen molar-refractivity contribution in [2.75, 3.05) is 12.4 Å². The van der Waals surface area contributed by atoms with Gasteiger partial charge in [0, 0.05) is 30.8 Å². The predicted molar refractivity (Wildman–Crippen MR) is 74.3 cm³/mol. The van der Waals surface area contributed by atoms with Gasteiger partial charge in [0.25, 0.3) is 0 Å². The Bertz CT molecular complexity index is 346. The molecule has 18 heavy (non-hydrogen) atoms. The summed E-state index contributed by atoms with van der Waals surface area (Å²) in [7, 11) is 0. The summed E-state index contributed by atoms with van der Waals surface area (Å²) in [4.78, 5) is 15.5. The number of nitrogens with zero attached hydrogens (tertiary/aromatic N) is 1. The van der Waals surface area contributed by atoms with E-state index in [9.17, 15) is 4.79 Å². The zero-order chi connectivity index (χ0) is 13.2. The molecule has 100 valence electrons. The van der Waals surface area contributed by atoms with Crippen LogP contribution in [-0.4, -0.2) is 34.4 Å². The van der Waals surface area contributed by atoms with E-state index in [1.807, 2.05) is 19.1 Å². The number of aliphatic hydroxyl groups excluding tert-OH is 1. The maximum absolute atomic E-state index is 11.6. The molecule has 0 aromatic carbocycles. The van der Waals surface area contributed by atoms with Crippen LogP contribution in [0.3, 0.4) is 0 Å². The van der Waals surface area contributed by atoms with Crippen molar-refractivity contribution in [2.24, 2.45) is 0 Å². The van der Waals surface area contributed by atoms with E-state index in [-0.39, 0.29) is 18.6 Å². The molecule has 1 heterocycles. The lowest BCUT2D eigenvalue weighted by atomic mass is 10.2. The standard InChI is InChI=1S/C13H20N2O2S/c1-11(3-2-8-16)15-13(17)10-18-9-12-4-6-14-7-5-12/h4-7,11,16H,2-3,8-10H2,1H3,(H,15,17). The molecule has 2 N–H and O–H groups in total. The lowest BCUT2D eigenvalue weighted by Crippen LogP contribution is -2.33. The third-order valence-corrected chi connectivity index (χ3v) is 3.46. The summed E-state index contributed by atoms with van der Waals surface area (Å²) in [5.74, 6) is 1.34. The number of rotatable bonds is 8. The first kappa shape index (κ1) is 15.0. The van der Waals surface area contributed by atoms with E-state index >= 15 is 0 Å². The first-order valence-electron chi connectivity index (χ1n) is 6.09. The highest BCUT2D eigenvalue weighted by Crippen LogP contribution is 2.10. The van der Waals surface area contributed by atoms with Gasteiger partial charge in [-0.05, 0) is 37.5 Å². The fraction of sp³-hybridized carbons (Fsp3) is 0.538. The molecule has 0 radical (unpaired) electrons. The SMILES string of the molecule is CC(CCCO)NC(=O)CSCc1ccncc1. The molecule has 0 aliphatic carbocycles. The van der Waals surface area contributed by atoms with E-state index in [1.165, 1.54) is 5.56 Å². The number of hydrogen-bond acceptors (Lipinski definition) is 4. The lowest BCUT2D eigenvalue weighted by Gasteiger charge is -2.12. The van der Waals surface area contributed by atoms with E-state index in [0.29, 0.717) is 5.75 Å². The lowest BCUT2D eigenvalue weighted by molar-refractivity contribution is -0.119. The van der Waals surface area contributed by atoms with Crippen LogP contribution in [0.4, 0.5) is 0 Å². The summed E-state index contributed by atoms with van der Waals surface area (Å²) >= 11 is 1.59. The Morgan fingerprint density at radius 1 is 1.50 bits per heavy atom. The quantitative estimate of drug-likeness (QED) is 0.751. The smallest absolute Gasteiger partial charge is 0.230 e. The van der Waals surface area contributed by atoms with Gasteiger partial charge < -0.3 is 10.4 Å². The van der Waals surface area contributed by atoms with Crippen molar-refractivity contribution in [2.45, 2.75) is 31.6 Å². The zero-order valence-corrected chi connectivity index (χ0v) is 11.4. The van der Waals surface area contributed by atoms with Gasteiger partial charge >= 0.3 is 0 Å². The Labute approximate surface area is 112 Å². The topological polar surface area (TPSA) is 62.2 Å². The number of aromatic nitrogens is 1. The highest BCUT2D eigenvalue weighted by Gasteiger charge is 2.06. The van der Waals surface area contributed by atoms with Crippen molar-refractivity contribution in [3.63, 3.8) is 0 Å². The molecule has 1 atom stereocenters. The second-order valence-electron chi connectivity index (χ2n) is 4.18. The van der Waals surface area contributed by atoms with Crippen LogP contribution in [0.5, 0.6) is 0 Å². The van der Waals surface area contributed by atoms with Gasteiger partial charge in [0.05, 0.1) is 5.75 Å². The van der Waals surface area contributed by atoms with Crippen LogP contribution in [0, 0.1) is 0 Å². The monoisotopic (exact) mass is 268 g/mol. The van der Waals surface area contributed by atoms with Crippen LogP contribution in [0.15, 0.2) is 24.5 Å². The summed E-state index contributed by atoms with van der Waals surface area (Å²) in [6.07, 6.45) is 5.06. The maximum Gasteiger partial charge on any atom is 0.230 e. The highest BCUT2D eigenvalue weighted by atomic mass is 32.2. The fourth-order valence-electron chi connectivity index (χ4n) is 1.53. The average molecular weight is 268 g/mol. The van der Waals surface area contributed by atoms with Gasteiger partial charge in [0.15, 0.2) is 0 Å². The normalized spacial score (nSPS) is 12.1. The largest absolute Gasteiger partial charge is 0.396 e. The minimum atomic E-state index is 0.0551. The van der Waals surface area contributed by atoms with Gasteiger partial charge in [-0.15, -0.1) is 11.8 Å². The van der Waals surface area contributed by atoms with Crippen molar-refractivity contribution in [3.8, 4) is 0 Å². The van der Waals surface area contributed by atoms with Gasteiger partial charge in [-0.2, -0.15) is 0 Å². The molecule has 1 rings (SSSR count). The number of pyridine rings is 1. The van der Waals surface area contributed by atoms with E-state index in [1.54, 1.807) is 24.2 Å². The summed E-state index contributed by atoms with van der Waals surface area (Å²) in [6.45, 7) is 2.14. The second-order valence-corrected chi connectivity index (χ2v) is 5.17. The molecule has 5 heteroatoms. The first-order valence-corrected chi connectivity index (χ1v) is 7.24. The second kappa shape index (κ2) is 8.94. The van der Waals surface area contributed by atoms with E-state index < -0.39 is 0 Å². The van der Waals surface area contributed by atoms with Crippen LogP contribution in [-0.2, 0) is 10.5 Å². The number of aliphatic hydroxyl groups is 1. The van der Waals surface area contributed by atoms with Crippen LogP contribution in [0.1, 0.15) is 25.3 Å². The molecule has 0 aliphatic heterocycles. The third kappa shape index (κ3) is 6.61. The summed E-state index contributed by atoms with van der Waals surface area (Å²) in [5, 5.41) is 11.6. The molecule has 0 saturated carbocycles. The van der Waals surface area contributed by atoms with Gasteiger partial charge in [0.1, 0.15) is 0 Å². The van der Waals surface area contributed by atoms with Crippen molar-refractivity contribution in [3.05, 3.63) is 30.1 Å². The molecule has 0 aliphatic rings. The number of thioether (sulfide) groups is 1. The van der Waals surface area contributed by atoms with Crippen LogP contribution in [0.25, 0.3) is 0 Å². The molecule has 4 nitrogen and oxygen atoms in total. The third-order valence-electron chi connectivity index (χ3n) is 2.45. The number of carbonyl (C=O) groups is 1. The Morgan fingerprint density at radius 2 is 2.22 bits per heavy atom. The number of amides is 1. The van der Waals surface area contributed by atoms with Gasteiger partial charge in [-0.1, -0.05) is 0 Å². The summed E-state index contributed by atoms with van der Waals surface area (Å²) in [6, 6.07) is 4.04. The van der Waals surface area contributed by atoms with E-state index in [0.717, 1.165) is 18.6 Å². The molecule has 1 unspecified atom stereocenters. The maximum atomic E-state index is 11.6. The number of carbonyl (C=O) groups excluding carboxylic acids is 1. The number of nitrogens with one attached hydrogen (secondary N) is 1. The Hall–Kier alpha value is -1.07. The Morgan fingerprint density at radius 3 is 2.89 bits per heavy atom. The molecule has 0 bridgehead atoms. The van der Waals surface area contributed by atoms with Gasteiger partial charge in [0.2, 0.25) is 5.91 Å². The molecule has 1 amide bonds. The molecular formula is C13H20N2O2S. The van der Waals surface area contributed by atoms with Crippen LogP contribution >= 0.6 is 11.8 Å². The van der Waals surface area contributed by atoms with Crippen molar-refractivity contribution in [1.29, 1.82) is 0 Å². The van der Waals surface area contributed by atoms with Gasteiger partial charge in [-0.25, -0.2) is 0 Å². The minimum Gasteiger partial charge on any atom is -0.396 e. The molecular weight excluding hydrogens is 248 g/mol. The molecule has 0 fully saturated rings.